The van der Waals surface area contributed by atoms with Gasteiger partial charge < -0.3 is 28.3 Å². The van der Waals surface area contributed by atoms with Gasteiger partial charge in [-0.2, -0.15) is 0 Å². The zero-order chi connectivity index (χ0) is 32.8. The largest absolute Gasteiger partial charge is 0.463 e. The van der Waals surface area contributed by atoms with E-state index in [-0.39, 0.29) is 49.6 Å². The lowest BCUT2D eigenvalue weighted by atomic mass is 10.1. The molecule has 1 aliphatic rings. The molecule has 16 nitrogen and oxygen atoms in total. The predicted octanol–water partition coefficient (Wildman–Crippen LogP) is -0.262. The first kappa shape index (κ1) is 33.0. The summed E-state index contributed by atoms with van der Waals surface area (Å²) >= 11 is 0. The van der Waals surface area contributed by atoms with Crippen LogP contribution in [0.1, 0.15) is 45.0 Å². The monoisotopic (exact) mass is 630 g/mol. The van der Waals surface area contributed by atoms with E-state index in [2.05, 4.69) is 4.98 Å². The summed E-state index contributed by atoms with van der Waals surface area (Å²) in [6.07, 6.45) is 0.850. The summed E-state index contributed by atoms with van der Waals surface area (Å²) < 4.78 is 33.1. The molecule has 0 bridgehead atoms. The van der Waals surface area contributed by atoms with Gasteiger partial charge in [-0.15, -0.1) is 0 Å². The molecule has 1 aliphatic heterocycles. The van der Waals surface area contributed by atoms with E-state index < -0.39 is 59.5 Å². The number of ether oxygens (including phenoxy) is 5. The van der Waals surface area contributed by atoms with Gasteiger partial charge >= 0.3 is 29.6 Å². The van der Waals surface area contributed by atoms with Gasteiger partial charge in [0.1, 0.15) is 24.9 Å². The fraction of sp³-hybridized carbons (Fsp3) is 0.517. The highest BCUT2D eigenvalue weighted by atomic mass is 16.6. The number of hydrogen-bond acceptors (Lipinski definition) is 12. The van der Waals surface area contributed by atoms with Gasteiger partial charge in [-0.25, -0.2) is 19.1 Å². The van der Waals surface area contributed by atoms with Crippen molar-refractivity contribution < 1.29 is 47.4 Å². The smallest absolute Gasteiger partial charge is 0.344 e. The average molecular weight is 631 g/mol. The van der Waals surface area contributed by atoms with Gasteiger partial charge in [0.2, 0.25) is 0 Å². The number of pyridine rings is 1. The SMILES string of the molecule is CCn1c(=O)c2c(ncn2CCOC(=O)c2ccc[n+](CC3OC(COC(C)=O)[C@@H](OC(C)=O)[C@H]3OC(C)=O)c2)n(CC)c1=O. The third-order valence-corrected chi connectivity index (χ3v) is 7.13. The molecule has 0 aliphatic carbocycles. The Morgan fingerprint density at radius 1 is 0.933 bits per heavy atom. The lowest BCUT2D eigenvalue weighted by Gasteiger charge is -2.22. The molecular weight excluding hydrogens is 594 g/mol. The third-order valence-electron chi connectivity index (χ3n) is 7.13. The molecule has 1 fully saturated rings. The van der Waals surface area contributed by atoms with Crippen molar-refractivity contribution in [1.82, 2.24) is 18.7 Å². The minimum atomic E-state index is -1.03. The van der Waals surface area contributed by atoms with E-state index in [1.54, 1.807) is 41.3 Å². The Kier molecular flexibility index (Phi) is 10.5. The number of nitrogens with zero attached hydrogens (tertiary/aromatic N) is 5. The average Bonchev–Trinajstić information content (AvgIpc) is 3.53. The number of hydrogen-bond donors (Lipinski definition) is 0. The van der Waals surface area contributed by atoms with Crippen molar-refractivity contribution in [2.45, 2.75) is 85.2 Å². The lowest BCUT2D eigenvalue weighted by molar-refractivity contribution is -0.704. The molecule has 4 rings (SSSR count). The van der Waals surface area contributed by atoms with Crippen LogP contribution in [-0.4, -0.2) is 80.2 Å². The van der Waals surface area contributed by atoms with E-state index in [4.69, 9.17) is 23.7 Å². The van der Waals surface area contributed by atoms with Gasteiger partial charge in [0.05, 0.1) is 12.9 Å². The summed E-state index contributed by atoms with van der Waals surface area (Å²) in [4.78, 5) is 77.8. The van der Waals surface area contributed by atoms with Crippen molar-refractivity contribution in [2.24, 2.45) is 0 Å². The summed E-state index contributed by atoms with van der Waals surface area (Å²) in [5.74, 6) is -2.46. The molecule has 242 valence electrons. The molecule has 3 aromatic rings. The second kappa shape index (κ2) is 14.3. The van der Waals surface area contributed by atoms with E-state index in [1.165, 1.54) is 37.9 Å². The van der Waals surface area contributed by atoms with Gasteiger partial charge in [0.15, 0.2) is 48.4 Å². The molecule has 2 unspecified atom stereocenters. The molecule has 3 aromatic heterocycles. The molecule has 4 heterocycles. The van der Waals surface area contributed by atoms with Crippen LogP contribution in [0.2, 0.25) is 0 Å². The Bertz CT molecular complexity index is 1710. The fourth-order valence-corrected chi connectivity index (χ4v) is 5.21. The zero-order valence-electron chi connectivity index (χ0n) is 25.7. The second-order valence-electron chi connectivity index (χ2n) is 10.3. The van der Waals surface area contributed by atoms with Crippen LogP contribution >= 0.6 is 0 Å². The van der Waals surface area contributed by atoms with Gasteiger partial charge in [0, 0.05) is 39.9 Å². The highest BCUT2D eigenvalue weighted by Crippen LogP contribution is 2.28. The van der Waals surface area contributed by atoms with E-state index in [0.717, 1.165) is 4.57 Å². The molecule has 0 spiro atoms. The number of rotatable bonds is 12. The number of esters is 4. The topological polar surface area (TPSA) is 180 Å². The van der Waals surface area contributed by atoms with Gasteiger partial charge in [0.25, 0.3) is 5.56 Å². The minimum absolute atomic E-state index is 0.0806. The molecule has 0 N–H and O–H groups in total. The van der Waals surface area contributed by atoms with Gasteiger partial charge in [-0.1, -0.05) is 0 Å². The van der Waals surface area contributed by atoms with Gasteiger partial charge in [-0.3, -0.25) is 28.3 Å². The van der Waals surface area contributed by atoms with Crippen LogP contribution in [0, 0.1) is 0 Å². The summed E-state index contributed by atoms with van der Waals surface area (Å²) in [5, 5.41) is 0. The Hall–Kier alpha value is -4.86. The number of fused-ring (bicyclic) bond motifs is 1. The number of aryl methyl sites for hydroxylation is 1. The highest BCUT2D eigenvalue weighted by Gasteiger charge is 2.51. The summed E-state index contributed by atoms with van der Waals surface area (Å²) in [6.45, 7) is 7.55. The summed E-state index contributed by atoms with van der Waals surface area (Å²) in [6, 6.07) is 3.17. The maximum atomic E-state index is 13.0. The zero-order valence-corrected chi connectivity index (χ0v) is 25.7. The molecule has 1 saturated heterocycles. The highest BCUT2D eigenvalue weighted by molar-refractivity contribution is 5.88. The summed E-state index contributed by atoms with van der Waals surface area (Å²) in [5.41, 5.74) is -0.196. The maximum Gasteiger partial charge on any atom is 0.344 e. The maximum absolute atomic E-state index is 13.0. The van der Waals surface area contributed by atoms with Crippen LogP contribution < -0.4 is 15.8 Å². The molecule has 0 saturated carbocycles. The standard InChI is InChI=1S/C29H36N5O11/c1-6-33-26-23(27(38)34(7-2)29(33)40)32(16-30-26)11-12-41-28(39)20-9-8-10-31(13-20)14-21-24(43-18(4)36)25(44-19(5)37)22(45-21)15-42-17(3)35/h8-10,13,16,21-22,24-25H,6-7,11-12,14-15H2,1-5H3/q+1/t21?,22?,24-,25+/m0/s1. The first-order chi connectivity index (χ1) is 21.4. The van der Waals surface area contributed by atoms with E-state index in [1.807, 2.05) is 0 Å². The van der Waals surface area contributed by atoms with E-state index >= 15 is 0 Å². The summed E-state index contributed by atoms with van der Waals surface area (Å²) in [7, 11) is 0. The molecular formula is C29H36N5O11+. The van der Waals surface area contributed by atoms with Crippen LogP contribution in [0.4, 0.5) is 0 Å². The Balaban J connectivity index is 1.47. The molecule has 4 atom stereocenters. The Morgan fingerprint density at radius 2 is 1.60 bits per heavy atom. The van der Waals surface area contributed by atoms with Crippen molar-refractivity contribution >= 4 is 35.0 Å². The van der Waals surface area contributed by atoms with Crippen LogP contribution in [0.15, 0.2) is 40.4 Å². The quantitative estimate of drug-likeness (QED) is 0.146. The van der Waals surface area contributed by atoms with Gasteiger partial charge in [-0.05, 0) is 19.9 Å². The number of carbonyl (C=O) groups excluding carboxylic acids is 4. The molecule has 16 heteroatoms. The Labute approximate surface area is 257 Å². The number of aromatic nitrogens is 5. The van der Waals surface area contributed by atoms with Crippen molar-refractivity contribution in [3.63, 3.8) is 0 Å². The first-order valence-electron chi connectivity index (χ1n) is 14.4. The molecule has 0 radical (unpaired) electrons. The van der Waals surface area contributed by atoms with Crippen molar-refractivity contribution in [3.8, 4) is 0 Å². The van der Waals surface area contributed by atoms with E-state index in [0.29, 0.717) is 6.54 Å². The van der Waals surface area contributed by atoms with Crippen molar-refractivity contribution in [2.75, 3.05) is 13.2 Å². The normalized spacial score (nSPS) is 19.3. The first-order valence-corrected chi connectivity index (χ1v) is 14.4. The van der Waals surface area contributed by atoms with Crippen LogP contribution in [0.3, 0.4) is 0 Å². The lowest BCUT2D eigenvalue weighted by Crippen LogP contribution is -2.47. The number of imidazole rings is 1. The van der Waals surface area contributed by atoms with Crippen LogP contribution in [-0.2, 0) is 64.2 Å². The van der Waals surface area contributed by atoms with Crippen LogP contribution in [0.25, 0.3) is 11.2 Å². The Morgan fingerprint density at radius 3 is 2.22 bits per heavy atom. The van der Waals surface area contributed by atoms with Crippen molar-refractivity contribution in [1.29, 1.82) is 0 Å². The number of carbonyl (C=O) groups is 4. The van der Waals surface area contributed by atoms with Crippen molar-refractivity contribution in [3.05, 3.63) is 57.3 Å². The molecule has 45 heavy (non-hydrogen) atoms. The van der Waals surface area contributed by atoms with Crippen LogP contribution in [0.5, 0.6) is 0 Å². The molecule has 0 amide bonds. The van der Waals surface area contributed by atoms with E-state index in [9.17, 15) is 28.8 Å². The predicted molar refractivity (Wildman–Crippen MR) is 153 cm³/mol. The fourth-order valence-electron chi connectivity index (χ4n) is 5.21. The molecule has 0 aromatic carbocycles. The second-order valence-corrected chi connectivity index (χ2v) is 10.3. The minimum Gasteiger partial charge on any atom is -0.463 e. The third kappa shape index (κ3) is 7.45.